The minimum Gasteiger partial charge on any atom is -0.465 e. The second-order valence-electron chi connectivity index (χ2n) is 5.99. The molecule has 0 aliphatic carbocycles. The van der Waals surface area contributed by atoms with Crippen LogP contribution in [0.15, 0.2) is 12.1 Å². The van der Waals surface area contributed by atoms with E-state index in [1.165, 1.54) is 0 Å². The van der Waals surface area contributed by atoms with Crippen LogP contribution < -0.4 is 5.32 Å². The second-order valence-corrected chi connectivity index (χ2v) is 5.99. The van der Waals surface area contributed by atoms with Gasteiger partial charge in [-0.15, -0.1) is 0 Å². The Morgan fingerprint density at radius 2 is 2.14 bits per heavy atom. The van der Waals surface area contributed by atoms with E-state index in [0.717, 1.165) is 16.9 Å². The number of hydrogen-bond acceptors (Lipinski definition) is 4. The minimum atomic E-state index is -1.32. The van der Waals surface area contributed by atoms with Gasteiger partial charge in [0.1, 0.15) is 5.82 Å². The van der Waals surface area contributed by atoms with Gasteiger partial charge in [0, 0.05) is 17.2 Å². The number of benzene rings is 1. The number of anilines is 1. The van der Waals surface area contributed by atoms with E-state index in [9.17, 15) is 9.59 Å². The molecule has 22 heavy (non-hydrogen) atoms. The first-order chi connectivity index (χ1) is 10.4. The molecule has 2 N–H and O–H groups in total. The van der Waals surface area contributed by atoms with Gasteiger partial charge in [0.25, 0.3) is 0 Å². The van der Waals surface area contributed by atoms with Crippen LogP contribution in [-0.2, 0) is 19.7 Å². The third-order valence-corrected chi connectivity index (χ3v) is 4.11. The average Bonchev–Trinajstić information content (AvgIpc) is 2.98. The lowest BCUT2D eigenvalue weighted by atomic mass is 9.83. The van der Waals surface area contributed by atoms with Crippen molar-refractivity contribution < 1.29 is 14.3 Å². The summed E-state index contributed by atoms with van der Waals surface area (Å²) in [4.78, 5) is 32.4. The normalized spacial score (nSPS) is 20.3. The van der Waals surface area contributed by atoms with Crippen molar-refractivity contribution in [2.75, 3.05) is 11.9 Å². The molecule has 1 atom stereocenters. The van der Waals surface area contributed by atoms with Gasteiger partial charge < -0.3 is 15.0 Å². The van der Waals surface area contributed by atoms with Crippen molar-refractivity contribution in [3.8, 4) is 0 Å². The Morgan fingerprint density at radius 3 is 2.77 bits per heavy atom. The first kappa shape index (κ1) is 14.6. The highest BCUT2D eigenvalue weighted by atomic mass is 16.5. The molecule has 0 saturated heterocycles. The molecule has 1 aliphatic heterocycles. The molecule has 3 rings (SSSR count). The van der Waals surface area contributed by atoms with E-state index in [0.29, 0.717) is 11.3 Å². The number of carbonyl (C=O) groups is 2. The Labute approximate surface area is 128 Å². The summed E-state index contributed by atoms with van der Waals surface area (Å²) in [6, 6.07) is 3.62. The smallest absolute Gasteiger partial charge is 0.326 e. The number of aromatic nitrogens is 2. The third kappa shape index (κ3) is 1.90. The van der Waals surface area contributed by atoms with Crippen molar-refractivity contribution in [2.45, 2.75) is 39.0 Å². The van der Waals surface area contributed by atoms with E-state index in [4.69, 9.17) is 4.74 Å². The van der Waals surface area contributed by atoms with Gasteiger partial charge in [-0.2, -0.15) is 0 Å². The van der Waals surface area contributed by atoms with Crippen molar-refractivity contribution >= 4 is 28.6 Å². The van der Waals surface area contributed by atoms with E-state index in [1.807, 2.05) is 6.07 Å². The van der Waals surface area contributed by atoms with Crippen molar-refractivity contribution in [3.63, 3.8) is 0 Å². The van der Waals surface area contributed by atoms with Gasteiger partial charge in [0.15, 0.2) is 5.41 Å². The van der Waals surface area contributed by atoms with Crippen LogP contribution in [-0.4, -0.2) is 28.5 Å². The van der Waals surface area contributed by atoms with E-state index in [-0.39, 0.29) is 18.4 Å². The lowest BCUT2D eigenvalue weighted by Gasteiger charge is -2.19. The van der Waals surface area contributed by atoms with E-state index >= 15 is 0 Å². The molecule has 2 aromatic rings. The van der Waals surface area contributed by atoms with Gasteiger partial charge in [0.2, 0.25) is 5.91 Å². The van der Waals surface area contributed by atoms with E-state index in [1.54, 1.807) is 19.9 Å². The standard InChI is InChI=1S/C16H19N3O3/c1-5-22-15(21)16(4)9-6-11-12(7-10(9)19-14(16)20)18-13(17-11)8(2)3/h6-8H,5H2,1-4H3,(H,17,18)(H,19,20). The largest absolute Gasteiger partial charge is 0.465 e. The zero-order valence-electron chi connectivity index (χ0n) is 13.1. The number of amides is 1. The summed E-state index contributed by atoms with van der Waals surface area (Å²) in [7, 11) is 0. The minimum absolute atomic E-state index is 0.237. The number of esters is 1. The fraction of sp³-hybridized carbons (Fsp3) is 0.438. The number of rotatable bonds is 3. The zero-order chi connectivity index (χ0) is 16.1. The summed E-state index contributed by atoms with van der Waals surface area (Å²) in [5, 5.41) is 2.76. The molecule has 1 aromatic heterocycles. The van der Waals surface area contributed by atoms with Gasteiger partial charge >= 0.3 is 5.97 Å². The third-order valence-electron chi connectivity index (χ3n) is 4.11. The molecule has 0 radical (unpaired) electrons. The maximum absolute atomic E-state index is 12.3. The van der Waals surface area contributed by atoms with Crippen molar-refractivity contribution in [3.05, 3.63) is 23.5 Å². The summed E-state index contributed by atoms with van der Waals surface area (Å²) in [5.41, 5.74) is 1.52. The maximum Gasteiger partial charge on any atom is 0.326 e. The Kier molecular flexibility index (Phi) is 3.20. The molecule has 2 heterocycles. The number of ether oxygens (including phenoxy) is 1. The number of H-pyrrole nitrogens is 1. The number of aromatic amines is 1. The van der Waals surface area contributed by atoms with Crippen LogP contribution in [0.4, 0.5) is 5.69 Å². The fourth-order valence-electron chi connectivity index (χ4n) is 2.71. The Bertz CT molecular complexity index is 778. The highest BCUT2D eigenvalue weighted by Crippen LogP contribution is 2.40. The van der Waals surface area contributed by atoms with Crippen LogP contribution >= 0.6 is 0 Å². The van der Waals surface area contributed by atoms with Crippen LogP contribution in [0.2, 0.25) is 0 Å². The predicted molar refractivity (Wildman–Crippen MR) is 82.8 cm³/mol. The van der Waals surface area contributed by atoms with Gasteiger partial charge in [-0.3, -0.25) is 9.59 Å². The topological polar surface area (TPSA) is 84.1 Å². The number of nitrogens with one attached hydrogen (secondary N) is 2. The molecule has 116 valence electrons. The quantitative estimate of drug-likeness (QED) is 0.673. The molecule has 0 saturated carbocycles. The molecule has 6 heteroatoms. The molecule has 1 aromatic carbocycles. The number of nitrogens with zero attached hydrogens (tertiary/aromatic N) is 1. The molecular weight excluding hydrogens is 282 g/mol. The monoisotopic (exact) mass is 301 g/mol. The molecule has 1 amide bonds. The molecule has 1 aliphatic rings. The van der Waals surface area contributed by atoms with Crippen LogP contribution in [0.3, 0.4) is 0 Å². The van der Waals surface area contributed by atoms with Gasteiger partial charge in [-0.25, -0.2) is 4.98 Å². The summed E-state index contributed by atoms with van der Waals surface area (Å²) >= 11 is 0. The molecule has 0 fully saturated rings. The van der Waals surface area contributed by atoms with Crippen LogP contribution in [0, 0.1) is 0 Å². The Morgan fingerprint density at radius 1 is 1.41 bits per heavy atom. The Hall–Kier alpha value is -2.37. The summed E-state index contributed by atoms with van der Waals surface area (Å²) in [6.07, 6.45) is 0. The number of imidazole rings is 1. The summed E-state index contributed by atoms with van der Waals surface area (Å²) in [5.74, 6) is 0.253. The Balaban J connectivity index is 2.16. The summed E-state index contributed by atoms with van der Waals surface area (Å²) < 4.78 is 5.09. The van der Waals surface area contributed by atoms with Crippen molar-refractivity contribution in [1.82, 2.24) is 9.97 Å². The zero-order valence-corrected chi connectivity index (χ0v) is 13.1. The van der Waals surface area contributed by atoms with Gasteiger partial charge in [-0.05, 0) is 26.0 Å². The molecule has 6 nitrogen and oxygen atoms in total. The fourth-order valence-corrected chi connectivity index (χ4v) is 2.71. The summed E-state index contributed by atoms with van der Waals surface area (Å²) in [6.45, 7) is 7.66. The van der Waals surface area contributed by atoms with Crippen LogP contribution in [0.5, 0.6) is 0 Å². The molecule has 0 spiro atoms. The van der Waals surface area contributed by atoms with Crippen molar-refractivity contribution in [2.24, 2.45) is 0 Å². The number of hydrogen-bond donors (Lipinski definition) is 2. The highest BCUT2D eigenvalue weighted by molar-refractivity contribution is 6.19. The van der Waals surface area contributed by atoms with Crippen LogP contribution in [0.1, 0.15) is 45.0 Å². The second kappa shape index (κ2) is 4.83. The first-order valence-corrected chi connectivity index (χ1v) is 7.40. The number of carbonyl (C=O) groups excluding carboxylic acids is 2. The first-order valence-electron chi connectivity index (χ1n) is 7.40. The highest BCUT2D eigenvalue weighted by Gasteiger charge is 2.50. The number of fused-ring (bicyclic) bond motifs is 2. The average molecular weight is 301 g/mol. The van der Waals surface area contributed by atoms with Gasteiger partial charge in [-0.1, -0.05) is 13.8 Å². The molecule has 1 unspecified atom stereocenters. The van der Waals surface area contributed by atoms with E-state index in [2.05, 4.69) is 29.1 Å². The predicted octanol–water partition coefficient (Wildman–Crippen LogP) is 2.46. The lowest BCUT2D eigenvalue weighted by Crippen LogP contribution is -2.40. The van der Waals surface area contributed by atoms with Gasteiger partial charge in [0.05, 0.1) is 17.6 Å². The van der Waals surface area contributed by atoms with Crippen molar-refractivity contribution in [1.29, 1.82) is 0 Å². The SMILES string of the molecule is CCOC(=O)C1(C)C(=O)Nc2cc3nc(C(C)C)[nH]c3cc21. The van der Waals surface area contributed by atoms with E-state index < -0.39 is 11.4 Å². The molecular formula is C16H19N3O3. The maximum atomic E-state index is 12.3. The lowest BCUT2D eigenvalue weighted by molar-refractivity contribution is -0.152. The molecule has 0 bridgehead atoms. The van der Waals surface area contributed by atoms with Crippen LogP contribution in [0.25, 0.3) is 11.0 Å².